The Kier molecular flexibility index (Phi) is 4.49. The third kappa shape index (κ3) is 2.85. The minimum Gasteiger partial charge on any atom is -0.504 e. The van der Waals surface area contributed by atoms with Crippen molar-refractivity contribution in [2.24, 2.45) is 0 Å². The van der Waals surface area contributed by atoms with Crippen LogP contribution in [0.4, 0.5) is 0 Å². The standard InChI is InChI=1S/C18H16O7/c1-22-16-12-7-8-24-17(12)18(23-2)15(21)14(16)13(20)6-5-10-3-4-11(9-19)25-10/h3-8,19,21H,9H2,1-2H3/b6-5+. The number of aliphatic hydroxyl groups is 1. The molecule has 7 heteroatoms. The molecule has 0 radical (unpaired) electrons. The molecule has 0 aliphatic rings. The van der Waals surface area contributed by atoms with Crippen LogP contribution in [0.3, 0.4) is 0 Å². The van der Waals surface area contributed by atoms with Gasteiger partial charge in [-0.15, -0.1) is 0 Å². The second kappa shape index (κ2) is 6.74. The van der Waals surface area contributed by atoms with Gasteiger partial charge >= 0.3 is 0 Å². The third-order valence-corrected chi connectivity index (χ3v) is 3.69. The Labute approximate surface area is 142 Å². The monoisotopic (exact) mass is 344 g/mol. The lowest BCUT2D eigenvalue weighted by Crippen LogP contribution is -2.02. The molecule has 3 rings (SSSR count). The molecule has 0 spiro atoms. The van der Waals surface area contributed by atoms with Crippen molar-refractivity contribution in [2.45, 2.75) is 6.61 Å². The molecule has 0 saturated heterocycles. The SMILES string of the molecule is COc1c(C(=O)/C=C/c2ccc(CO)o2)c(O)c(OC)c2occc12. The van der Waals surface area contributed by atoms with Crippen LogP contribution in [0.2, 0.25) is 0 Å². The zero-order valence-corrected chi connectivity index (χ0v) is 13.6. The molecule has 0 aliphatic carbocycles. The second-order valence-corrected chi connectivity index (χ2v) is 5.11. The van der Waals surface area contributed by atoms with Crippen molar-refractivity contribution in [3.8, 4) is 17.2 Å². The predicted molar refractivity (Wildman–Crippen MR) is 89.0 cm³/mol. The van der Waals surface area contributed by atoms with E-state index in [-0.39, 0.29) is 35.0 Å². The number of methoxy groups -OCH3 is 2. The van der Waals surface area contributed by atoms with Crippen LogP contribution in [0.15, 0.2) is 39.4 Å². The molecule has 0 bridgehead atoms. The number of phenolic OH excluding ortho intramolecular Hbond substituents is 1. The summed E-state index contributed by atoms with van der Waals surface area (Å²) in [7, 11) is 2.76. The Morgan fingerprint density at radius 1 is 1.20 bits per heavy atom. The molecule has 0 atom stereocenters. The quantitative estimate of drug-likeness (QED) is 0.523. The number of aliphatic hydroxyl groups excluding tert-OH is 1. The van der Waals surface area contributed by atoms with Gasteiger partial charge in [-0.25, -0.2) is 0 Å². The maximum absolute atomic E-state index is 12.6. The molecule has 3 aromatic rings. The summed E-state index contributed by atoms with van der Waals surface area (Å²) in [4.78, 5) is 12.6. The molecule has 2 heterocycles. The average Bonchev–Trinajstić information content (AvgIpc) is 3.27. The first-order valence-electron chi connectivity index (χ1n) is 7.36. The van der Waals surface area contributed by atoms with Crippen LogP contribution in [0, 0.1) is 0 Å². The summed E-state index contributed by atoms with van der Waals surface area (Å²) < 4.78 is 21.1. The molecule has 130 valence electrons. The summed E-state index contributed by atoms with van der Waals surface area (Å²) >= 11 is 0. The fourth-order valence-electron chi connectivity index (χ4n) is 2.57. The summed E-state index contributed by atoms with van der Waals surface area (Å²) in [6, 6.07) is 4.84. The molecule has 0 unspecified atom stereocenters. The van der Waals surface area contributed by atoms with Crippen LogP contribution >= 0.6 is 0 Å². The van der Waals surface area contributed by atoms with Gasteiger partial charge < -0.3 is 28.5 Å². The fraction of sp³-hybridized carbons (Fsp3) is 0.167. The predicted octanol–water partition coefficient (Wildman–Crippen LogP) is 3.14. The van der Waals surface area contributed by atoms with E-state index in [1.807, 2.05) is 0 Å². The lowest BCUT2D eigenvalue weighted by molar-refractivity contribution is 0.104. The minimum absolute atomic E-state index is 0.0431. The number of hydrogen-bond donors (Lipinski definition) is 2. The number of allylic oxidation sites excluding steroid dienone is 1. The fourth-order valence-corrected chi connectivity index (χ4v) is 2.57. The first-order valence-corrected chi connectivity index (χ1v) is 7.36. The molecule has 1 aromatic carbocycles. The largest absolute Gasteiger partial charge is 0.504 e. The van der Waals surface area contributed by atoms with Crippen LogP contribution in [-0.2, 0) is 6.61 Å². The van der Waals surface area contributed by atoms with Crippen LogP contribution in [-0.4, -0.2) is 30.2 Å². The van der Waals surface area contributed by atoms with Gasteiger partial charge in [0.2, 0.25) is 5.75 Å². The number of phenols is 1. The molecular formula is C18H16O7. The highest BCUT2D eigenvalue weighted by Crippen LogP contribution is 2.45. The number of furan rings is 2. The molecular weight excluding hydrogens is 328 g/mol. The molecule has 0 amide bonds. The van der Waals surface area contributed by atoms with Gasteiger partial charge in [-0.2, -0.15) is 0 Å². The smallest absolute Gasteiger partial charge is 0.205 e. The van der Waals surface area contributed by atoms with Gasteiger partial charge in [0.15, 0.2) is 17.1 Å². The molecule has 0 fully saturated rings. The highest BCUT2D eigenvalue weighted by atomic mass is 16.5. The summed E-state index contributed by atoms with van der Waals surface area (Å²) in [5.41, 5.74) is 0.245. The van der Waals surface area contributed by atoms with Gasteiger partial charge in [0.1, 0.15) is 29.4 Å². The molecule has 0 saturated carbocycles. The van der Waals surface area contributed by atoms with Gasteiger partial charge in [0.05, 0.1) is 25.9 Å². The van der Waals surface area contributed by atoms with E-state index < -0.39 is 5.78 Å². The number of rotatable bonds is 6. The van der Waals surface area contributed by atoms with Crippen molar-refractivity contribution in [1.82, 2.24) is 0 Å². The second-order valence-electron chi connectivity index (χ2n) is 5.11. The summed E-state index contributed by atoms with van der Waals surface area (Å²) in [5.74, 6) is 0.149. The number of aromatic hydroxyl groups is 1. The molecule has 25 heavy (non-hydrogen) atoms. The third-order valence-electron chi connectivity index (χ3n) is 3.69. The van der Waals surface area contributed by atoms with Crippen molar-refractivity contribution >= 4 is 22.8 Å². The zero-order valence-electron chi connectivity index (χ0n) is 13.6. The number of ketones is 1. The van der Waals surface area contributed by atoms with Crippen LogP contribution in [0.5, 0.6) is 17.2 Å². The Hall–Kier alpha value is -3.19. The van der Waals surface area contributed by atoms with Crippen LogP contribution < -0.4 is 9.47 Å². The van der Waals surface area contributed by atoms with E-state index in [0.29, 0.717) is 16.9 Å². The van der Waals surface area contributed by atoms with Gasteiger partial charge in [-0.3, -0.25) is 4.79 Å². The van der Waals surface area contributed by atoms with Gasteiger partial charge in [-0.1, -0.05) is 0 Å². The van der Waals surface area contributed by atoms with Crippen molar-refractivity contribution in [3.63, 3.8) is 0 Å². The number of fused-ring (bicyclic) bond motifs is 1. The van der Waals surface area contributed by atoms with Crippen LogP contribution in [0.1, 0.15) is 21.9 Å². The van der Waals surface area contributed by atoms with E-state index in [0.717, 1.165) is 0 Å². The van der Waals surface area contributed by atoms with Gasteiger partial charge in [-0.05, 0) is 30.4 Å². The first kappa shape index (κ1) is 16.7. The van der Waals surface area contributed by atoms with Crippen molar-refractivity contribution in [1.29, 1.82) is 0 Å². The van der Waals surface area contributed by atoms with Crippen molar-refractivity contribution < 1.29 is 33.3 Å². The highest BCUT2D eigenvalue weighted by molar-refractivity contribution is 6.15. The minimum atomic E-state index is -0.502. The maximum atomic E-state index is 12.6. The number of carbonyl (C=O) groups is 1. The number of benzene rings is 1. The molecule has 7 nitrogen and oxygen atoms in total. The van der Waals surface area contributed by atoms with E-state index in [1.54, 1.807) is 18.2 Å². The Morgan fingerprint density at radius 2 is 1.96 bits per heavy atom. The lowest BCUT2D eigenvalue weighted by Gasteiger charge is -2.12. The summed E-state index contributed by atoms with van der Waals surface area (Å²) in [6.45, 7) is -0.231. The van der Waals surface area contributed by atoms with E-state index in [1.165, 1.54) is 32.6 Å². The topological polar surface area (TPSA) is 102 Å². The number of hydrogen-bond acceptors (Lipinski definition) is 7. The molecule has 0 aliphatic heterocycles. The summed E-state index contributed by atoms with van der Waals surface area (Å²) in [6.07, 6.45) is 4.09. The van der Waals surface area contributed by atoms with Crippen molar-refractivity contribution in [2.75, 3.05) is 14.2 Å². The van der Waals surface area contributed by atoms with Gasteiger partial charge in [0, 0.05) is 0 Å². The van der Waals surface area contributed by atoms with E-state index in [9.17, 15) is 9.90 Å². The Balaban J connectivity index is 2.07. The van der Waals surface area contributed by atoms with E-state index in [2.05, 4.69) is 0 Å². The Bertz CT molecular complexity index is 946. The molecule has 2 N–H and O–H groups in total. The van der Waals surface area contributed by atoms with Gasteiger partial charge in [0.25, 0.3) is 0 Å². The Morgan fingerprint density at radius 3 is 2.60 bits per heavy atom. The normalized spacial score (nSPS) is 11.3. The maximum Gasteiger partial charge on any atom is 0.205 e. The average molecular weight is 344 g/mol. The van der Waals surface area contributed by atoms with E-state index in [4.69, 9.17) is 23.4 Å². The van der Waals surface area contributed by atoms with Crippen LogP contribution in [0.25, 0.3) is 17.0 Å². The highest BCUT2D eigenvalue weighted by Gasteiger charge is 2.26. The lowest BCUT2D eigenvalue weighted by atomic mass is 10.0. The van der Waals surface area contributed by atoms with E-state index >= 15 is 0 Å². The molecule has 2 aromatic heterocycles. The number of carbonyl (C=O) groups excluding carboxylic acids is 1. The van der Waals surface area contributed by atoms with Crippen molar-refractivity contribution in [3.05, 3.63) is 47.6 Å². The zero-order chi connectivity index (χ0) is 18.0. The summed E-state index contributed by atoms with van der Waals surface area (Å²) in [5, 5.41) is 20.0. The number of ether oxygens (including phenoxy) is 2. The first-order chi connectivity index (χ1) is 12.1.